The third-order valence-corrected chi connectivity index (χ3v) is 6.18. The molecule has 0 aliphatic carbocycles. The van der Waals surface area contributed by atoms with Crippen molar-refractivity contribution in [3.63, 3.8) is 0 Å². The maximum Gasteiger partial charge on any atom is 0.292 e. The average molecular weight is 530 g/mol. The van der Waals surface area contributed by atoms with Gasteiger partial charge in [0.1, 0.15) is 0 Å². The number of phenols is 1. The SMILES string of the molecule is COc1ccc(/C=N/NC(=O)c2nn(-c3ccc(Cl)c(Cl)c3)c(-c3ccc(Cl)cc3)c2C)cc1O. The summed E-state index contributed by atoms with van der Waals surface area (Å²) >= 11 is 18.4. The Hall–Kier alpha value is -3.52. The van der Waals surface area contributed by atoms with Gasteiger partial charge in [-0.1, -0.05) is 46.9 Å². The molecule has 0 fully saturated rings. The van der Waals surface area contributed by atoms with E-state index < -0.39 is 5.91 Å². The Bertz CT molecular complexity index is 1430. The summed E-state index contributed by atoms with van der Waals surface area (Å²) in [6.45, 7) is 1.80. The van der Waals surface area contributed by atoms with Crippen LogP contribution in [-0.4, -0.2) is 34.1 Å². The molecular weight excluding hydrogens is 511 g/mol. The maximum atomic E-state index is 13.0. The molecule has 1 aromatic heterocycles. The van der Waals surface area contributed by atoms with Gasteiger partial charge in [0.05, 0.1) is 34.8 Å². The summed E-state index contributed by atoms with van der Waals surface area (Å²) in [7, 11) is 1.46. The van der Waals surface area contributed by atoms with Gasteiger partial charge in [-0.25, -0.2) is 10.1 Å². The molecule has 0 aliphatic heterocycles. The number of nitrogens with zero attached hydrogens (tertiary/aromatic N) is 3. The van der Waals surface area contributed by atoms with Crippen LogP contribution < -0.4 is 10.2 Å². The van der Waals surface area contributed by atoms with Crippen molar-refractivity contribution in [2.75, 3.05) is 7.11 Å². The zero-order valence-electron chi connectivity index (χ0n) is 18.6. The molecule has 7 nitrogen and oxygen atoms in total. The number of hydrogen-bond acceptors (Lipinski definition) is 5. The van der Waals surface area contributed by atoms with Gasteiger partial charge in [-0.2, -0.15) is 10.2 Å². The van der Waals surface area contributed by atoms with Gasteiger partial charge >= 0.3 is 0 Å². The number of carbonyl (C=O) groups excluding carboxylic acids is 1. The molecule has 1 heterocycles. The van der Waals surface area contributed by atoms with Crippen LogP contribution in [0.2, 0.25) is 15.1 Å². The number of halogens is 3. The van der Waals surface area contributed by atoms with Crippen molar-refractivity contribution in [2.45, 2.75) is 6.92 Å². The predicted octanol–water partition coefficient (Wildman–Crippen LogP) is 6.29. The third kappa shape index (κ3) is 5.27. The summed E-state index contributed by atoms with van der Waals surface area (Å²) in [5.41, 5.74) is 5.99. The normalized spacial score (nSPS) is 11.1. The second kappa shape index (κ2) is 10.4. The highest BCUT2D eigenvalue weighted by Crippen LogP contribution is 2.32. The molecule has 3 aromatic carbocycles. The zero-order valence-corrected chi connectivity index (χ0v) is 20.9. The molecule has 35 heavy (non-hydrogen) atoms. The van der Waals surface area contributed by atoms with Crippen LogP contribution in [-0.2, 0) is 0 Å². The second-order valence-corrected chi connectivity index (χ2v) is 8.72. The molecule has 1 amide bonds. The monoisotopic (exact) mass is 528 g/mol. The number of hydrazone groups is 1. The fourth-order valence-corrected chi connectivity index (χ4v) is 3.89. The van der Waals surface area contributed by atoms with E-state index in [9.17, 15) is 9.90 Å². The Morgan fingerprint density at radius 1 is 1.06 bits per heavy atom. The molecule has 4 aromatic rings. The number of carbonyl (C=O) groups is 1. The molecule has 0 spiro atoms. The van der Waals surface area contributed by atoms with E-state index in [2.05, 4.69) is 15.6 Å². The highest BCUT2D eigenvalue weighted by Gasteiger charge is 2.22. The molecular formula is C25H19Cl3N4O3. The summed E-state index contributed by atoms with van der Waals surface area (Å²) < 4.78 is 6.65. The Balaban J connectivity index is 1.69. The number of nitrogens with one attached hydrogen (secondary N) is 1. The highest BCUT2D eigenvalue weighted by atomic mass is 35.5. The van der Waals surface area contributed by atoms with Gasteiger partial charge in [-0.3, -0.25) is 4.79 Å². The van der Waals surface area contributed by atoms with E-state index in [0.717, 1.165) is 5.56 Å². The maximum absolute atomic E-state index is 13.0. The van der Waals surface area contributed by atoms with Gasteiger partial charge in [0.2, 0.25) is 0 Å². The van der Waals surface area contributed by atoms with Gasteiger partial charge < -0.3 is 9.84 Å². The van der Waals surface area contributed by atoms with Crippen LogP contribution in [0.25, 0.3) is 16.9 Å². The minimum atomic E-state index is -0.509. The first kappa shape index (κ1) is 24.6. The third-order valence-electron chi connectivity index (χ3n) is 5.19. The molecule has 0 bridgehead atoms. The van der Waals surface area contributed by atoms with E-state index in [1.165, 1.54) is 19.4 Å². The molecule has 0 atom stereocenters. The molecule has 0 saturated heterocycles. The van der Waals surface area contributed by atoms with Crippen molar-refractivity contribution >= 4 is 46.9 Å². The quantitative estimate of drug-likeness (QED) is 0.227. The van der Waals surface area contributed by atoms with Crippen molar-refractivity contribution < 1.29 is 14.6 Å². The van der Waals surface area contributed by atoms with Gasteiger partial charge in [0.15, 0.2) is 17.2 Å². The number of methoxy groups -OCH3 is 1. The van der Waals surface area contributed by atoms with Gasteiger partial charge in [0.25, 0.3) is 5.91 Å². The largest absolute Gasteiger partial charge is 0.504 e. The summed E-state index contributed by atoms with van der Waals surface area (Å²) in [5, 5.41) is 19.8. The van der Waals surface area contributed by atoms with Crippen molar-refractivity contribution in [1.29, 1.82) is 0 Å². The van der Waals surface area contributed by atoms with Crippen LogP contribution in [0.4, 0.5) is 0 Å². The highest BCUT2D eigenvalue weighted by molar-refractivity contribution is 6.42. The average Bonchev–Trinajstić information content (AvgIpc) is 3.18. The van der Waals surface area contributed by atoms with Gasteiger partial charge in [0, 0.05) is 16.1 Å². The Kier molecular flexibility index (Phi) is 7.31. The van der Waals surface area contributed by atoms with Crippen molar-refractivity contribution in [1.82, 2.24) is 15.2 Å². The zero-order chi connectivity index (χ0) is 25.1. The molecule has 0 unspecified atom stereocenters. The number of rotatable bonds is 6. The van der Waals surface area contributed by atoms with Gasteiger partial charge in [-0.15, -0.1) is 0 Å². The minimum Gasteiger partial charge on any atom is -0.504 e. The Labute approximate surface area is 216 Å². The molecule has 2 N–H and O–H groups in total. The standard InChI is InChI=1S/C25H19Cl3N4O3/c1-14-23(25(34)30-29-13-15-3-10-22(35-2)21(33)11-15)31-32(18-8-9-19(27)20(28)12-18)24(14)16-4-6-17(26)7-5-16/h3-13,33H,1-2H3,(H,30,34)/b29-13+. The lowest BCUT2D eigenvalue weighted by Gasteiger charge is -2.10. The van der Waals surface area contributed by atoms with E-state index >= 15 is 0 Å². The topological polar surface area (TPSA) is 88.7 Å². The first-order chi connectivity index (χ1) is 16.8. The van der Waals surface area contributed by atoms with E-state index in [-0.39, 0.29) is 11.4 Å². The first-order valence-electron chi connectivity index (χ1n) is 10.3. The molecule has 10 heteroatoms. The second-order valence-electron chi connectivity index (χ2n) is 7.47. The lowest BCUT2D eigenvalue weighted by atomic mass is 10.1. The van der Waals surface area contributed by atoms with E-state index in [1.807, 2.05) is 12.1 Å². The van der Waals surface area contributed by atoms with Crippen LogP contribution in [0.3, 0.4) is 0 Å². The van der Waals surface area contributed by atoms with Crippen LogP contribution in [0.5, 0.6) is 11.5 Å². The fourth-order valence-electron chi connectivity index (χ4n) is 3.47. The number of amides is 1. The minimum absolute atomic E-state index is 0.0356. The first-order valence-corrected chi connectivity index (χ1v) is 11.4. The summed E-state index contributed by atoms with van der Waals surface area (Å²) in [6.07, 6.45) is 1.41. The lowest BCUT2D eigenvalue weighted by molar-refractivity contribution is 0.0949. The summed E-state index contributed by atoms with van der Waals surface area (Å²) in [4.78, 5) is 13.0. The molecule has 0 saturated carbocycles. The smallest absolute Gasteiger partial charge is 0.292 e. The van der Waals surface area contributed by atoms with Crippen LogP contribution >= 0.6 is 34.8 Å². The van der Waals surface area contributed by atoms with Crippen molar-refractivity contribution in [2.24, 2.45) is 5.10 Å². The number of phenolic OH excluding ortho intramolecular Hbond substituents is 1. The number of aromatic nitrogens is 2. The molecule has 0 radical (unpaired) electrons. The van der Waals surface area contributed by atoms with Crippen LogP contribution in [0.1, 0.15) is 21.6 Å². The fraction of sp³-hybridized carbons (Fsp3) is 0.0800. The van der Waals surface area contributed by atoms with Crippen molar-refractivity contribution in [3.05, 3.63) is 92.6 Å². The molecule has 4 rings (SSSR count). The summed E-state index contributed by atoms with van der Waals surface area (Å²) in [6, 6.07) is 17.1. The Morgan fingerprint density at radius 3 is 2.46 bits per heavy atom. The van der Waals surface area contributed by atoms with E-state index in [4.69, 9.17) is 39.5 Å². The van der Waals surface area contributed by atoms with Crippen LogP contribution in [0, 0.1) is 6.92 Å². The van der Waals surface area contributed by atoms with E-state index in [1.54, 1.807) is 54.1 Å². The number of aromatic hydroxyl groups is 1. The predicted molar refractivity (Wildman–Crippen MR) is 138 cm³/mol. The lowest BCUT2D eigenvalue weighted by Crippen LogP contribution is -2.19. The van der Waals surface area contributed by atoms with Crippen LogP contribution in [0.15, 0.2) is 65.8 Å². The number of hydrogen-bond donors (Lipinski definition) is 2. The Morgan fingerprint density at radius 2 is 1.80 bits per heavy atom. The molecule has 0 aliphatic rings. The van der Waals surface area contributed by atoms with E-state index in [0.29, 0.717) is 43.3 Å². The molecule has 178 valence electrons. The number of benzene rings is 3. The van der Waals surface area contributed by atoms with Crippen molar-refractivity contribution in [3.8, 4) is 28.4 Å². The number of ether oxygens (including phenoxy) is 1. The van der Waals surface area contributed by atoms with Gasteiger partial charge in [-0.05, 0) is 61.0 Å². The summed E-state index contributed by atoms with van der Waals surface area (Å²) in [5.74, 6) is -0.207.